The Balaban J connectivity index is 2.41. The summed E-state index contributed by atoms with van der Waals surface area (Å²) in [6.07, 6.45) is 3.27. The number of nitrogens with two attached hydrogens (primary N) is 1. The van der Waals surface area contributed by atoms with Crippen LogP contribution in [0.1, 0.15) is 30.9 Å². The summed E-state index contributed by atoms with van der Waals surface area (Å²) in [5, 5.41) is 10.3. The average Bonchev–Trinajstić information content (AvgIpc) is 2.00. The average molecular weight is 192 g/mol. The Morgan fingerprint density at radius 3 is 2.71 bits per heavy atom. The van der Waals surface area contributed by atoms with Crippen LogP contribution in [0, 0.1) is 12.8 Å². The largest absolute Gasteiger partial charge is 0.385 e. The van der Waals surface area contributed by atoms with Crippen LogP contribution < -0.4 is 5.73 Å². The Bertz CT molecular complexity index is 336. The lowest BCUT2D eigenvalue weighted by Crippen LogP contribution is -2.41. The SMILES string of the molecule is Cc1ccnc(N)c1C1(O)CC(C)C1. The molecule has 2 rings (SSSR count). The second-order valence-electron chi connectivity index (χ2n) is 4.43. The van der Waals surface area contributed by atoms with E-state index in [0.717, 1.165) is 24.0 Å². The lowest BCUT2D eigenvalue weighted by Gasteiger charge is -2.43. The van der Waals surface area contributed by atoms with Crippen molar-refractivity contribution >= 4 is 5.82 Å². The van der Waals surface area contributed by atoms with Gasteiger partial charge in [-0.1, -0.05) is 6.92 Å². The number of aliphatic hydroxyl groups is 1. The molecule has 0 radical (unpaired) electrons. The molecule has 3 N–H and O–H groups in total. The fourth-order valence-corrected chi connectivity index (χ4v) is 2.48. The molecule has 0 spiro atoms. The minimum absolute atomic E-state index is 0.472. The maximum atomic E-state index is 10.3. The van der Waals surface area contributed by atoms with Crippen molar-refractivity contribution in [3.63, 3.8) is 0 Å². The van der Waals surface area contributed by atoms with E-state index in [4.69, 9.17) is 5.73 Å². The van der Waals surface area contributed by atoms with Crippen LogP contribution in [0.2, 0.25) is 0 Å². The number of anilines is 1. The summed E-state index contributed by atoms with van der Waals surface area (Å²) in [4.78, 5) is 4.03. The van der Waals surface area contributed by atoms with Crippen LogP contribution in [0.3, 0.4) is 0 Å². The van der Waals surface area contributed by atoms with E-state index < -0.39 is 5.60 Å². The Hall–Kier alpha value is -1.09. The molecule has 76 valence electrons. The van der Waals surface area contributed by atoms with E-state index in [9.17, 15) is 5.11 Å². The number of nitrogen functional groups attached to an aromatic ring is 1. The lowest BCUT2D eigenvalue weighted by molar-refractivity contribution is -0.0738. The standard InChI is InChI=1S/C11H16N2O/c1-7-5-11(14,6-7)9-8(2)3-4-13-10(9)12/h3-4,7,14H,5-6H2,1-2H3,(H2,12,13). The molecular formula is C11H16N2O. The second kappa shape index (κ2) is 2.95. The number of hydrogen-bond acceptors (Lipinski definition) is 3. The molecule has 1 aromatic heterocycles. The highest BCUT2D eigenvalue weighted by Gasteiger charge is 2.43. The van der Waals surface area contributed by atoms with Crippen molar-refractivity contribution in [2.75, 3.05) is 5.73 Å². The number of aryl methyl sites for hydroxylation is 1. The van der Waals surface area contributed by atoms with Gasteiger partial charge in [0.05, 0.1) is 5.60 Å². The third kappa shape index (κ3) is 1.28. The summed E-state index contributed by atoms with van der Waals surface area (Å²) in [6, 6.07) is 1.90. The summed E-state index contributed by atoms with van der Waals surface area (Å²) in [5.74, 6) is 1.05. The topological polar surface area (TPSA) is 59.1 Å². The zero-order valence-corrected chi connectivity index (χ0v) is 8.62. The highest BCUT2D eigenvalue weighted by Crippen LogP contribution is 2.47. The number of rotatable bonds is 1. The first-order valence-electron chi connectivity index (χ1n) is 4.97. The van der Waals surface area contributed by atoms with Crippen LogP contribution in [-0.2, 0) is 5.60 Å². The third-order valence-corrected chi connectivity index (χ3v) is 3.03. The second-order valence-corrected chi connectivity index (χ2v) is 4.43. The van der Waals surface area contributed by atoms with E-state index in [2.05, 4.69) is 11.9 Å². The molecule has 3 heteroatoms. The smallest absolute Gasteiger partial charge is 0.129 e. The van der Waals surface area contributed by atoms with Crippen molar-refractivity contribution in [1.29, 1.82) is 0 Å². The monoisotopic (exact) mass is 192 g/mol. The quantitative estimate of drug-likeness (QED) is 0.710. The van der Waals surface area contributed by atoms with Gasteiger partial charge >= 0.3 is 0 Å². The van der Waals surface area contributed by atoms with Gasteiger partial charge < -0.3 is 10.8 Å². The van der Waals surface area contributed by atoms with Gasteiger partial charge in [0.25, 0.3) is 0 Å². The van der Waals surface area contributed by atoms with Crippen LogP contribution in [0.5, 0.6) is 0 Å². The Morgan fingerprint density at radius 1 is 1.57 bits per heavy atom. The molecule has 1 aromatic rings. The van der Waals surface area contributed by atoms with Gasteiger partial charge in [-0.2, -0.15) is 0 Å². The van der Waals surface area contributed by atoms with Crippen LogP contribution in [0.15, 0.2) is 12.3 Å². The summed E-state index contributed by atoms with van der Waals surface area (Å²) in [5.41, 5.74) is 6.94. The maximum absolute atomic E-state index is 10.3. The maximum Gasteiger partial charge on any atom is 0.129 e. The molecule has 14 heavy (non-hydrogen) atoms. The van der Waals surface area contributed by atoms with E-state index in [0.29, 0.717) is 11.7 Å². The van der Waals surface area contributed by atoms with Crippen LogP contribution in [0.4, 0.5) is 5.82 Å². The molecule has 0 aromatic carbocycles. The molecule has 0 atom stereocenters. The predicted molar refractivity (Wildman–Crippen MR) is 55.7 cm³/mol. The van der Waals surface area contributed by atoms with E-state index in [-0.39, 0.29) is 0 Å². The summed E-state index contributed by atoms with van der Waals surface area (Å²) in [6.45, 7) is 4.10. The summed E-state index contributed by atoms with van der Waals surface area (Å²) < 4.78 is 0. The number of nitrogens with zero attached hydrogens (tertiary/aromatic N) is 1. The molecule has 1 saturated carbocycles. The first-order valence-corrected chi connectivity index (χ1v) is 4.97. The van der Waals surface area contributed by atoms with E-state index in [1.807, 2.05) is 13.0 Å². The minimum atomic E-state index is -0.720. The van der Waals surface area contributed by atoms with Crippen molar-refractivity contribution in [3.8, 4) is 0 Å². The van der Waals surface area contributed by atoms with E-state index >= 15 is 0 Å². The first-order chi connectivity index (χ1) is 6.53. The Kier molecular flexibility index (Phi) is 2.00. The molecule has 0 saturated heterocycles. The molecule has 1 aliphatic carbocycles. The predicted octanol–water partition coefficient (Wildman–Crippen LogP) is 1.59. The minimum Gasteiger partial charge on any atom is -0.385 e. The molecule has 0 aliphatic heterocycles. The molecule has 0 unspecified atom stereocenters. The van der Waals surface area contributed by atoms with Crippen molar-refractivity contribution in [2.45, 2.75) is 32.3 Å². The van der Waals surface area contributed by atoms with Crippen LogP contribution in [0.25, 0.3) is 0 Å². The summed E-state index contributed by atoms with van der Waals surface area (Å²) in [7, 11) is 0. The molecule has 3 nitrogen and oxygen atoms in total. The fraction of sp³-hybridized carbons (Fsp3) is 0.545. The van der Waals surface area contributed by atoms with Gasteiger partial charge in [0.2, 0.25) is 0 Å². The lowest BCUT2D eigenvalue weighted by atomic mass is 9.67. The van der Waals surface area contributed by atoms with Gasteiger partial charge in [0.15, 0.2) is 0 Å². The van der Waals surface area contributed by atoms with Gasteiger partial charge in [-0.25, -0.2) is 4.98 Å². The molecule has 1 heterocycles. The fourth-order valence-electron chi connectivity index (χ4n) is 2.48. The van der Waals surface area contributed by atoms with Crippen molar-refractivity contribution < 1.29 is 5.11 Å². The zero-order valence-electron chi connectivity index (χ0n) is 8.62. The van der Waals surface area contributed by atoms with Gasteiger partial charge in [-0.3, -0.25) is 0 Å². The third-order valence-electron chi connectivity index (χ3n) is 3.03. The summed E-state index contributed by atoms with van der Waals surface area (Å²) >= 11 is 0. The molecule has 0 bridgehead atoms. The number of aromatic nitrogens is 1. The van der Waals surface area contributed by atoms with Gasteiger partial charge in [0.1, 0.15) is 5.82 Å². The zero-order chi connectivity index (χ0) is 10.3. The Labute approximate surface area is 84.0 Å². The van der Waals surface area contributed by atoms with E-state index in [1.165, 1.54) is 0 Å². The van der Waals surface area contributed by atoms with Gasteiger partial charge in [-0.05, 0) is 37.3 Å². The van der Waals surface area contributed by atoms with Crippen LogP contribution in [-0.4, -0.2) is 10.1 Å². The highest BCUT2D eigenvalue weighted by atomic mass is 16.3. The number of pyridine rings is 1. The Morgan fingerprint density at radius 2 is 2.21 bits per heavy atom. The molecule has 0 amide bonds. The highest BCUT2D eigenvalue weighted by molar-refractivity contribution is 5.48. The molecular weight excluding hydrogens is 176 g/mol. The number of hydrogen-bond donors (Lipinski definition) is 2. The van der Waals surface area contributed by atoms with Crippen molar-refractivity contribution in [3.05, 3.63) is 23.4 Å². The first kappa shape index (κ1) is 9.46. The van der Waals surface area contributed by atoms with Crippen LogP contribution >= 0.6 is 0 Å². The van der Waals surface area contributed by atoms with E-state index in [1.54, 1.807) is 6.20 Å². The molecule has 1 aliphatic rings. The van der Waals surface area contributed by atoms with Crippen molar-refractivity contribution in [2.24, 2.45) is 5.92 Å². The normalized spacial score (nSPS) is 31.2. The van der Waals surface area contributed by atoms with Crippen molar-refractivity contribution in [1.82, 2.24) is 4.98 Å². The van der Waals surface area contributed by atoms with Gasteiger partial charge in [-0.15, -0.1) is 0 Å². The molecule has 1 fully saturated rings. The van der Waals surface area contributed by atoms with Gasteiger partial charge in [0, 0.05) is 11.8 Å².